The van der Waals surface area contributed by atoms with E-state index in [1.54, 1.807) is 24.3 Å². The topological polar surface area (TPSA) is 32.7 Å². The zero-order chi connectivity index (χ0) is 23.9. The highest BCUT2D eigenvalue weighted by Crippen LogP contribution is 2.30. The van der Waals surface area contributed by atoms with Crippen molar-refractivity contribution in [2.45, 2.75) is 49.6 Å². The molecule has 0 fully saturated rings. The van der Waals surface area contributed by atoms with E-state index in [9.17, 15) is 35.8 Å². The molecule has 0 spiro atoms. The molecular formula is C21H22F7NO2S. The van der Waals surface area contributed by atoms with Crippen LogP contribution in [-0.2, 0) is 6.54 Å². The quantitative estimate of drug-likeness (QED) is 0.297. The first kappa shape index (κ1) is 26.1. The molecule has 0 amide bonds. The highest BCUT2D eigenvalue weighted by atomic mass is 32.2. The molecule has 1 unspecified atom stereocenters. The molecule has 11 heteroatoms. The summed E-state index contributed by atoms with van der Waals surface area (Å²) in [5, 5.41) is 9.60. The van der Waals surface area contributed by atoms with Crippen LogP contribution in [0.1, 0.15) is 18.9 Å². The standard InChI is InChI=1S/C21H22F7NO2S/c1-2-9-32-17-8-4-6-15(11-17)29(13-18(30)20(24,25)26)12-14-5-3-7-16(10-14)31-21(27,28)19(22)23/h3-8,10-11,18-19,30H,2,9,12-13H2,1H3. The van der Waals surface area contributed by atoms with E-state index in [0.717, 1.165) is 29.2 Å². The van der Waals surface area contributed by atoms with Crippen LogP contribution >= 0.6 is 11.8 Å². The van der Waals surface area contributed by atoms with Gasteiger partial charge < -0.3 is 14.7 Å². The smallest absolute Gasteiger partial charge is 0.428 e. The number of nitrogens with zero attached hydrogens (tertiary/aromatic N) is 1. The van der Waals surface area contributed by atoms with Crippen molar-refractivity contribution in [1.82, 2.24) is 0 Å². The molecule has 2 rings (SSSR count). The number of alkyl halides is 7. The molecule has 0 bridgehead atoms. The Morgan fingerprint density at radius 1 is 1.03 bits per heavy atom. The number of hydrogen-bond acceptors (Lipinski definition) is 4. The minimum atomic E-state index is -4.86. The molecular weight excluding hydrogens is 463 g/mol. The maximum atomic E-state index is 13.2. The van der Waals surface area contributed by atoms with Crippen LogP contribution in [0.15, 0.2) is 53.4 Å². The van der Waals surface area contributed by atoms with Gasteiger partial charge in [-0.1, -0.05) is 25.1 Å². The summed E-state index contributed by atoms with van der Waals surface area (Å²) < 4.78 is 94.2. The monoisotopic (exact) mass is 485 g/mol. The molecule has 0 aliphatic carbocycles. The number of rotatable bonds is 11. The van der Waals surface area contributed by atoms with Crippen molar-refractivity contribution in [3.05, 3.63) is 54.1 Å². The van der Waals surface area contributed by atoms with Crippen LogP contribution in [-0.4, -0.2) is 42.2 Å². The summed E-state index contributed by atoms with van der Waals surface area (Å²) in [7, 11) is 0. The zero-order valence-corrected chi connectivity index (χ0v) is 17.8. The van der Waals surface area contributed by atoms with E-state index < -0.39 is 37.1 Å². The average molecular weight is 485 g/mol. The van der Waals surface area contributed by atoms with E-state index in [1.165, 1.54) is 28.8 Å². The Labute approximate surface area is 185 Å². The summed E-state index contributed by atoms with van der Waals surface area (Å²) in [6.45, 7) is 0.950. The fourth-order valence-electron chi connectivity index (χ4n) is 2.69. The minimum Gasteiger partial charge on any atom is -0.428 e. The number of aliphatic hydroxyl groups excluding tert-OH is 1. The fourth-order valence-corrected chi connectivity index (χ4v) is 3.51. The van der Waals surface area contributed by atoms with Gasteiger partial charge in [0.05, 0.1) is 6.54 Å². The summed E-state index contributed by atoms with van der Waals surface area (Å²) in [6.07, 6.45) is -15.4. The first-order chi connectivity index (χ1) is 14.9. The molecule has 178 valence electrons. The highest BCUT2D eigenvalue weighted by Gasteiger charge is 2.44. The summed E-state index contributed by atoms with van der Waals surface area (Å²) >= 11 is 1.51. The molecule has 0 aromatic heterocycles. The van der Waals surface area contributed by atoms with Crippen LogP contribution in [0.5, 0.6) is 5.75 Å². The number of anilines is 1. The molecule has 1 N–H and O–H groups in total. The van der Waals surface area contributed by atoms with Crippen molar-refractivity contribution in [2.24, 2.45) is 0 Å². The fraction of sp³-hybridized carbons (Fsp3) is 0.429. The molecule has 3 nitrogen and oxygen atoms in total. The van der Waals surface area contributed by atoms with Crippen LogP contribution in [0.25, 0.3) is 0 Å². The number of aliphatic hydroxyl groups is 1. The van der Waals surface area contributed by atoms with E-state index in [0.29, 0.717) is 5.69 Å². The lowest BCUT2D eigenvalue weighted by Crippen LogP contribution is -2.41. The van der Waals surface area contributed by atoms with Gasteiger partial charge in [-0.25, -0.2) is 0 Å². The zero-order valence-electron chi connectivity index (χ0n) is 17.0. The highest BCUT2D eigenvalue weighted by molar-refractivity contribution is 7.99. The number of benzene rings is 2. The Balaban J connectivity index is 2.30. The summed E-state index contributed by atoms with van der Waals surface area (Å²) in [4.78, 5) is 2.04. The molecule has 0 saturated heterocycles. The Hall–Kier alpha value is -2.14. The summed E-state index contributed by atoms with van der Waals surface area (Å²) in [5.41, 5.74) is 0.604. The molecule has 0 aliphatic rings. The minimum absolute atomic E-state index is 0.216. The molecule has 32 heavy (non-hydrogen) atoms. The average Bonchev–Trinajstić information content (AvgIpc) is 2.71. The first-order valence-electron chi connectivity index (χ1n) is 9.59. The first-order valence-corrected chi connectivity index (χ1v) is 10.6. The second-order valence-corrected chi connectivity index (χ2v) is 8.06. The Bertz CT molecular complexity index is 864. The maximum absolute atomic E-state index is 13.2. The van der Waals surface area contributed by atoms with Gasteiger partial charge in [-0.15, -0.1) is 11.8 Å². The predicted molar refractivity (Wildman–Crippen MR) is 109 cm³/mol. The van der Waals surface area contributed by atoms with Gasteiger partial charge in [0, 0.05) is 17.1 Å². The van der Waals surface area contributed by atoms with Gasteiger partial charge in [-0.2, -0.15) is 30.7 Å². The Kier molecular flexibility index (Phi) is 9.08. The lowest BCUT2D eigenvalue weighted by molar-refractivity contribution is -0.253. The van der Waals surface area contributed by atoms with Gasteiger partial charge in [0.2, 0.25) is 0 Å². The number of halogens is 7. The van der Waals surface area contributed by atoms with Gasteiger partial charge in [-0.05, 0) is 48.1 Å². The van der Waals surface area contributed by atoms with Crippen molar-refractivity contribution in [3.8, 4) is 5.75 Å². The van der Waals surface area contributed by atoms with E-state index in [4.69, 9.17) is 0 Å². The van der Waals surface area contributed by atoms with Crippen LogP contribution in [0.2, 0.25) is 0 Å². The third-order valence-corrected chi connectivity index (χ3v) is 5.41. The molecule has 0 aliphatic heterocycles. The van der Waals surface area contributed by atoms with Crippen molar-refractivity contribution in [2.75, 3.05) is 17.2 Å². The lowest BCUT2D eigenvalue weighted by atomic mass is 10.1. The second kappa shape index (κ2) is 11.1. The van der Waals surface area contributed by atoms with E-state index in [2.05, 4.69) is 4.74 Å². The number of hydrogen-bond donors (Lipinski definition) is 1. The third kappa shape index (κ3) is 7.77. The Morgan fingerprint density at radius 3 is 2.34 bits per heavy atom. The number of thioether (sulfide) groups is 1. The SMILES string of the molecule is CCCSc1cccc(N(Cc2cccc(OC(F)(F)C(F)F)c2)CC(O)C(F)(F)F)c1. The molecule has 0 heterocycles. The number of ether oxygens (including phenoxy) is 1. The lowest BCUT2D eigenvalue weighted by Gasteiger charge is -2.29. The van der Waals surface area contributed by atoms with Crippen LogP contribution in [0, 0.1) is 0 Å². The van der Waals surface area contributed by atoms with Crippen LogP contribution in [0.4, 0.5) is 36.4 Å². The summed E-state index contributed by atoms with van der Waals surface area (Å²) in [5.74, 6) is 0.239. The van der Waals surface area contributed by atoms with E-state index in [1.807, 2.05) is 6.92 Å². The van der Waals surface area contributed by atoms with Crippen LogP contribution in [0.3, 0.4) is 0 Å². The summed E-state index contributed by atoms with van der Waals surface area (Å²) in [6, 6.07) is 11.4. The van der Waals surface area contributed by atoms with Gasteiger partial charge in [0.1, 0.15) is 5.75 Å². The van der Waals surface area contributed by atoms with E-state index in [-0.39, 0.29) is 12.1 Å². The maximum Gasteiger partial charge on any atom is 0.461 e. The van der Waals surface area contributed by atoms with E-state index >= 15 is 0 Å². The normalized spacial score (nSPS) is 13.3. The van der Waals surface area contributed by atoms with Gasteiger partial charge >= 0.3 is 18.7 Å². The van der Waals surface area contributed by atoms with Crippen molar-refractivity contribution in [3.63, 3.8) is 0 Å². The third-order valence-electron chi connectivity index (χ3n) is 4.21. The Morgan fingerprint density at radius 2 is 1.72 bits per heavy atom. The van der Waals surface area contributed by atoms with Crippen molar-refractivity contribution >= 4 is 17.4 Å². The molecule has 1 atom stereocenters. The molecule has 0 radical (unpaired) electrons. The largest absolute Gasteiger partial charge is 0.461 e. The van der Waals surface area contributed by atoms with Crippen molar-refractivity contribution in [1.29, 1.82) is 0 Å². The molecule has 2 aromatic rings. The van der Waals surface area contributed by atoms with Gasteiger partial charge in [0.25, 0.3) is 0 Å². The van der Waals surface area contributed by atoms with Crippen molar-refractivity contribution < 1.29 is 40.6 Å². The van der Waals surface area contributed by atoms with Gasteiger partial charge in [-0.3, -0.25) is 0 Å². The molecule has 0 saturated carbocycles. The predicted octanol–water partition coefficient (Wildman–Crippen LogP) is 6.36. The van der Waals surface area contributed by atoms with Crippen LogP contribution < -0.4 is 9.64 Å². The molecule has 2 aromatic carbocycles. The second-order valence-electron chi connectivity index (χ2n) is 6.90. The van der Waals surface area contributed by atoms with Gasteiger partial charge in [0.15, 0.2) is 6.10 Å².